The Labute approximate surface area is 171 Å². The summed E-state index contributed by atoms with van der Waals surface area (Å²) in [7, 11) is 0. The predicted molar refractivity (Wildman–Crippen MR) is 111 cm³/mol. The van der Waals surface area contributed by atoms with Gasteiger partial charge in [0.05, 0.1) is 11.2 Å². The van der Waals surface area contributed by atoms with Crippen LogP contribution in [0.15, 0.2) is 72.8 Å². The van der Waals surface area contributed by atoms with Crippen molar-refractivity contribution in [1.82, 2.24) is 4.98 Å². The fraction of sp³-hybridized carbons (Fsp3) is 0.0435. The summed E-state index contributed by atoms with van der Waals surface area (Å²) in [4.78, 5) is 15.3. The van der Waals surface area contributed by atoms with Gasteiger partial charge in [0.2, 0.25) is 0 Å². The quantitative estimate of drug-likeness (QED) is 0.452. The summed E-state index contributed by atoms with van der Waals surface area (Å²) in [5, 5.41) is 10.0. The zero-order chi connectivity index (χ0) is 20.4. The van der Waals surface area contributed by atoms with Crippen molar-refractivity contribution >= 4 is 28.5 Å². The van der Waals surface area contributed by atoms with Crippen LogP contribution in [0.25, 0.3) is 33.3 Å². The molecule has 6 heteroatoms. The maximum absolute atomic E-state index is 14.5. The molecule has 1 aromatic heterocycles. The Morgan fingerprint density at radius 1 is 1.00 bits per heavy atom. The van der Waals surface area contributed by atoms with Crippen molar-refractivity contribution in [3.05, 3.63) is 83.6 Å². The second-order valence-electron chi connectivity index (χ2n) is 6.40. The third-order valence-corrected chi connectivity index (χ3v) is 4.68. The highest BCUT2D eigenvalue weighted by molar-refractivity contribution is 6.31. The van der Waals surface area contributed by atoms with Gasteiger partial charge in [-0.3, -0.25) is 0 Å². The van der Waals surface area contributed by atoms with Crippen molar-refractivity contribution in [1.29, 1.82) is 0 Å². The van der Waals surface area contributed by atoms with Crippen molar-refractivity contribution < 1.29 is 19.0 Å². The lowest BCUT2D eigenvalue weighted by Crippen LogP contribution is -2.09. The number of carboxylic acid groups (broad SMARTS) is 1. The molecule has 0 amide bonds. The Kier molecular flexibility index (Phi) is 5.14. The monoisotopic (exact) mass is 407 g/mol. The van der Waals surface area contributed by atoms with Gasteiger partial charge in [-0.2, -0.15) is 0 Å². The number of pyridine rings is 1. The molecule has 0 aliphatic heterocycles. The van der Waals surface area contributed by atoms with Gasteiger partial charge in [0, 0.05) is 21.5 Å². The number of ether oxygens (including phenoxy) is 1. The third kappa shape index (κ3) is 4.05. The minimum absolute atomic E-state index is 0.330. The van der Waals surface area contributed by atoms with Crippen LogP contribution in [0.1, 0.15) is 0 Å². The zero-order valence-corrected chi connectivity index (χ0v) is 15.9. The minimum atomic E-state index is -1.04. The molecular formula is C23H15ClFNO3. The summed E-state index contributed by atoms with van der Waals surface area (Å²) < 4.78 is 19.7. The Bertz CT molecular complexity index is 1210. The normalized spacial score (nSPS) is 10.8. The maximum Gasteiger partial charge on any atom is 0.341 e. The lowest BCUT2D eigenvalue weighted by atomic mass is 9.98. The number of carbonyl (C=O) groups is 1. The lowest BCUT2D eigenvalue weighted by molar-refractivity contribution is -0.139. The first-order valence-electron chi connectivity index (χ1n) is 8.81. The highest BCUT2D eigenvalue weighted by Gasteiger charge is 2.13. The van der Waals surface area contributed by atoms with Crippen LogP contribution in [0, 0.1) is 5.82 Å². The van der Waals surface area contributed by atoms with E-state index in [9.17, 15) is 9.18 Å². The molecule has 0 atom stereocenters. The summed E-state index contributed by atoms with van der Waals surface area (Å²) in [5.41, 5.74) is 3.29. The molecule has 29 heavy (non-hydrogen) atoms. The number of rotatable bonds is 5. The molecule has 4 nitrogen and oxygen atoms in total. The third-order valence-electron chi connectivity index (χ3n) is 4.45. The summed E-state index contributed by atoms with van der Waals surface area (Å²) in [5.74, 6) is -0.931. The molecule has 1 N–H and O–H groups in total. The van der Waals surface area contributed by atoms with E-state index in [4.69, 9.17) is 26.4 Å². The smallest absolute Gasteiger partial charge is 0.341 e. The Balaban J connectivity index is 1.83. The van der Waals surface area contributed by atoms with E-state index in [2.05, 4.69) is 0 Å². The maximum atomic E-state index is 14.5. The number of hydrogen-bond acceptors (Lipinski definition) is 3. The lowest BCUT2D eigenvalue weighted by Gasteiger charge is -2.12. The van der Waals surface area contributed by atoms with Crippen molar-refractivity contribution in [3.63, 3.8) is 0 Å². The second kappa shape index (κ2) is 7.89. The second-order valence-corrected chi connectivity index (χ2v) is 6.84. The molecule has 4 aromatic rings. The summed E-state index contributed by atoms with van der Waals surface area (Å²) >= 11 is 6.17. The number of benzene rings is 3. The van der Waals surface area contributed by atoms with E-state index >= 15 is 0 Å². The van der Waals surface area contributed by atoms with E-state index in [1.54, 1.807) is 60.7 Å². The molecule has 0 bridgehead atoms. The number of aromatic nitrogens is 1. The molecule has 0 aliphatic rings. The van der Waals surface area contributed by atoms with Crippen LogP contribution in [0.3, 0.4) is 0 Å². The van der Waals surface area contributed by atoms with Gasteiger partial charge in [-0.1, -0.05) is 29.8 Å². The number of fused-ring (bicyclic) bond motifs is 1. The molecular weight excluding hydrogens is 393 g/mol. The molecule has 1 heterocycles. The van der Waals surface area contributed by atoms with Crippen LogP contribution < -0.4 is 4.74 Å². The van der Waals surface area contributed by atoms with Gasteiger partial charge < -0.3 is 9.84 Å². The average molecular weight is 408 g/mol. The minimum Gasteiger partial charge on any atom is -0.482 e. The van der Waals surface area contributed by atoms with E-state index in [0.29, 0.717) is 33.1 Å². The van der Waals surface area contributed by atoms with Crippen LogP contribution in [-0.4, -0.2) is 22.7 Å². The van der Waals surface area contributed by atoms with E-state index in [0.717, 1.165) is 10.9 Å². The van der Waals surface area contributed by atoms with Gasteiger partial charge in [-0.25, -0.2) is 14.2 Å². The van der Waals surface area contributed by atoms with Crippen LogP contribution in [-0.2, 0) is 4.79 Å². The number of nitrogens with zero attached hydrogens (tertiary/aromatic N) is 1. The first-order valence-corrected chi connectivity index (χ1v) is 9.19. The summed E-state index contributed by atoms with van der Waals surface area (Å²) in [6.45, 7) is -0.411. The molecule has 3 aromatic carbocycles. The average Bonchev–Trinajstić information content (AvgIpc) is 2.72. The summed E-state index contributed by atoms with van der Waals surface area (Å²) in [6.07, 6.45) is 0. The van der Waals surface area contributed by atoms with Crippen LogP contribution in [0.5, 0.6) is 5.75 Å². The number of halogens is 2. The standard InChI is InChI=1S/C23H15ClFNO3/c24-15-7-10-21-19(11-15)18(17-3-1-2-4-20(17)25)12-22(26-21)14-5-8-16(9-6-14)29-13-23(27)28/h1-12H,13H2,(H,27,28). The fourth-order valence-electron chi connectivity index (χ4n) is 3.12. The predicted octanol–water partition coefficient (Wildman–Crippen LogP) is 5.82. The van der Waals surface area contributed by atoms with Crippen molar-refractivity contribution in [3.8, 4) is 28.1 Å². The van der Waals surface area contributed by atoms with Gasteiger partial charge in [-0.15, -0.1) is 0 Å². The molecule has 144 valence electrons. The molecule has 4 rings (SSSR count). The van der Waals surface area contributed by atoms with E-state index < -0.39 is 12.6 Å². The van der Waals surface area contributed by atoms with Crippen LogP contribution in [0.4, 0.5) is 4.39 Å². The first-order chi connectivity index (χ1) is 14.0. The molecule has 0 radical (unpaired) electrons. The first kappa shape index (κ1) is 18.9. The highest BCUT2D eigenvalue weighted by atomic mass is 35.5. The van der Waals surface area contributed by atoms with Gasteiger partial charge in [-0.05, 0) is 60.2 Å². The molecule has 0 fully saturated rings. The number of aliphatic carboxylic acids is 1. The van der Waals surface area contributed by atoms with E-state index in [-0.39, 0.29) is 5.82 Å². The molecule has 0 spiro atoms. The highest BCUT2D eigenvalue weighted by Crippen LogP contribution is 2.35. The van der Waals surface area contributed by atoms with Crippen molar-refractivity contribution in [2.45, 2.75) is 0 Å². The number of hydrogen-bond donors (Lipinski definition) is 1. The van der Waals surface area contributed by atoms with Crippen LogP contribution in [0.2, 0.25) is 5.02 Å². The Hall–Kier alpha value is -3.44. The molecule has 0 unspecified atom stereocenters. The van der Waals surface area contributed by atoms with Gasteiger partial charge in [0.25, 0.3) is 0 Å². The van der Waals surface area contributed by atoms with Gasteiger partial charge in [0.1, 0.15) is 11.6 Å². The van der Waals surface area contributed by atoms with E-state index in [1.165, 1.54) is 6.07 Å². The SMILES string of the molecule is O=C(O)COc1ccc(-c2cc(-c3ccccc3F)c3cc(Cl)ccc3n2)cc1. The fourth-order valence-corrected chi connectivity index (χ4v) is 3.29. The Morgan fingerprint density at radius 3 is 2.48 bits per heavy atom. The van der Waals surface area contributed by atoms with Crippen molar-refractivity contribution in [2.75, 3.05) is 6.61 Å². The number of carboxylic acids is 1. The Morgan fingerprint density at radius 2 is 1.76 bits per heavy atom. The largest absolute Gasteiger partial charge is 0.482 e. The zero-order valence-electron chi connectivity index (χ0n) is 15.1. The topological polar surface area (TPSA) is 59.4 Å². The molecule has 0 aliphatic carbocycles. The summed E-state index contributed by atoms with van der Waals surface area (Å²) in [6, 6.07) is 20.6. The van der Waals surface area contributed by atoms with Gasteiger partial charge >= 0.3 is 5.97 Å². The van der Waals surface area contributed by atoms with Crippen LogP contribution >= 0.6 is 11.6 Å². The molecule has 0 saturated carbocycles. The van der Waals surface area contributed by atoms with Gasteiger partial charge in [0.15, 0.2) is 6.61 Å². The molecule has 0 saturated heterocycles. The van der Waals surface area contributed by atoms with Crippen molar-refractivity contribution in [2.24, 2.45) is 0 Å². The van der Waals surface area contributed by atoms with E-state index in [1.807, 2.05) is 6.07 Å².